The average Bonchev–Trinajstić information content (AvgIpc) is 2.44. The molecule has 3 unspecified atom stereocenters. The number of amides is 2. The minimum absolute atomic E-state index is 0.0218. The summed E-state index contributed by atoms with van der Waals surface area (Å²) in [6, 6.07) is -0.422. The zero-order valence-electron chi connectivity index (χ0n) is 13.7. The van der Waals surface area contributed by atoms with Gasteiger partial charge in [0, 0.05) is 0 Å². The Balaban J connectivity index is 2.63. The molecule has 1 aliphatic rings. The number of nitrogens with two attached hydrogens (primary N) is 1. The SMILES string of the molecule is CCC([I-]N)C(=O)N[C@@H](C)C(=O)NC1C(C)(C)SC1(C)CI. The van der Waals surface area contributed by atoms with Crippen molar-refractivity contribution < 1.29 is 31.1 Å². The average molecular weight is 554 g/mol. The second kappa shape index (κ2) is 8.19. The van der Waals surface area contributed by atoms with Crippen LogP contribution < -0.4 is 36.1 Å². The molecular formula is C14H26I2N3O2S-. The van der Waals surface area contributed by atoms with Crippen molar-refractivity contribution in [1.29, 1.82) is 0 Å². The molecule has 0 saturated carbocycles. The van der Waals surface area contributed by atoms with Crippen molar-refractivity contribution in [2.75, 3.05) is 4.43 Å². The van der Waals surface area contributed by atoms with Gasteiger partial charge in [0.15, 0.2) is 0 Å². The van der Waals surface area contributed by atoms with E-state index in [-0.39, 0.29) is 31.3 Å². The zero-order chi connectivity index (χ0) is 17.1. The number of halogens is 2. The molecule has 0 spiro atoms. The Morgan fingerprint density at radius 3 is 2.36 bits per heavy atom. The number of nitrogens with one attached hydrogen (secondary N) is 2. The van der Waals surface area contributed by atoms with Gasteiger partial charge in [-0.05, 0) is 0 Å². The normalized spacial score (nSPS) is 29.3. The molecule has 4 atom stereocenters. The molecule has 0 aromatic carbocycles. The van der Waals surface area contributed by atoms with E-state index >= 15 is 0 Å². The summed E-state index contributed by atoms with van der Waals surface area (Å²) in [6.45, 7) is 10.1. The summed E-state index contributed by atoms with van der Waals surface area (Å²) in [5.74, 6) is -0.216. The zero-order valence-corrected chi connectivity index (χ0v) is 18.8. The molecule has 4 N–H and O–H groups in total. The maximum absolute atomic E-state index is 12.4. The molecule has 0 aromatic rings. The minimum atomic E-state index is -0.642. The Labute approximate surface area is 161 Å². The first-order chi connectivity index (χ1) is 10.1. The molecule has 1 rings (SSSR count). The molecule has 0 radical (unpaired) electrons. The van der Waals surface area contributed by atoms with Crippen molar-refractivity contribution in [3.63, 3.8) is 0 Å². The molecule has 5 nitrogen and oxygen atoms in total. The third kappa shape index (κ3) is 4.62. The summed E-state index contributed by atoms with van der Waals surface area (Å²) in [6.07, 6.45) is 0.725. The Morgan fingerprint density at radius 2 is 1.95 bits per heavy atom. The fourth-order valence-electron chi connectivity index (χ4n) is 2.80. The van der Waals surface area contributed by atoms with Crippen LogP contribution in [-0.4, -0.2) is 41.7 Å². The van der Waals surface area contributed by atoms with Crippen LogP contribution in [0.2, 0.25) is 0 Å². The van der Waals surface area contributed by atoms with Crippen LogP contribution in [0.3, 0.4) is 0 Å². The van der Waals surface area contributed by atoms with Crippen LogP contribution >= 0.6 is 34.4 Å². The van der Waals surface area contributed by atoms with Gasteiger partial charge in [0.1, 0.15) is 0 Å². The fraction of sp³-hybridized carbons (Fsp3) is 0.857. The molecule has 1 saturated heterocycles. The summed E-state index contributed by atoms with van der Waals surface area (Å²) in [5, 5.41) is 5.92. The number of hydrogen-bond acceptors (Lipinski definition) is 4. The molecular weight excluding hydrogens is 528 g/mol. The quantitative estimate of drug-likeness (QED) is 0.202. The van der Waals surface area contributed by atoms with E-state index in [0.717, 1.165) is 10.8 Å². The van der Waals surface area contributed by atoms with Crippen LogP contribution in [0.25, 0.3) is 0 Å². The van der Waals surface area contributed by atoms with Gasteiger partial charge in [0.05, 0.1) is 0 Å². The predicted octanol–water partition coefficient (Wildman–Crippen LogP) is -1.56. The first-order valence-electron chi connectivity index (χ1n) is 7.30. The van der Waals surface area contributed by atoms with Crippen LogP contribution in [0.4, 0.5) is 0 Å². The van der Waals surface area contributed by atoms with E-state index < -0.39 is 27.5 Å². The monoisotopic (exact) mass is 554 g/mol. The van der Waals surface area contributed by atoms with Crippen LogP contribution in [-0.2, 0) is 9.59 Å². The molecule has 8 heteroatoms. The maximum atomic E-state index is 12.4. The van der Waals surface area contributed by atoms with E-state index in [1.165, 1.54) is 0 Å². The summed E-state index contributed by atoms with van der Waals surface area (Å²) >= 11 is 3.62. The Morgan fingerprint density at radius 1 is 1.36 bits per heavy atom. The third-order valence-electron chi connectivity index (χ3n) is 3.90. The van der Waals surface area contributed by atoms with Crippen molar-refractivity contribution in [3.8, 4) is 0 Å². The number of alkyl halides is 2. The number of carbonyl (C=O) groups excluding carboxylic acids is 2. The number of carbonyl (C=O) groups is 2. The van der Waals surface area contributed by atoms with Gasteiger partial charge in [0.2, 0.25) is 0 Å². The third-order valence-corrected chi connectivity index (χ3v) is 9.93. The van der Waals surface area contributed by atoms with Gasteiger partial charge in [-0.3, -0.25) is 0 Å². The molecule has 22 heavy (non-hydrogen) atoms. The molecule has 1 fully saturated rings. The van der Waals surface area contributed by atoms with Crippen molar-refractivity contribution in [2.45, 2.75) is 66.5 Å². The molecule has 1 heterocycles. The van der Waals surface area contributed by atoms with E-state index in [1.807, 2.05) is 18.7 Å². The van der Waals surface area contributed by atoms with Gasteiger partial charge < -0.3 is 0 Å². The van der Waals surface area contributed by atoms with Crippen molar-refractivity contribution in [3.05, 3.63) is 0 Å². The molecule has 0 aliphatic carbocycles. The molecule has 0 aromatic heterocycles. The summed E-state index contributed by atoms with van der Waals surface area (Å²) in [7, 11) is 0. The Bertz CT molecular complexity index is 432. The van der Waals surface area contributed by atoms with Crippen LogP contribution in [0.15, 0.2) is 0 Å². The fourth-order valence-corrected chi connectivity index (χ4v) is 6.70. The molecule has 0 bridgehead atoms. The van der Waals surface area contributed by atoms with E-state index in [9.17, 15) is 9.59 Å². The molecule has 1 aliphatic heterocycles. The standard InChI is InChI=1S/C14H26I2N3O2S/c1-6-9(16-17)11(21)18-8(2)10(20)19-12-13(3,4)22-14(12,5)7-15/h8-9,12H,6-7,17H2,1-5H3,(H,18,21)(H,19,20)/q-1/t8-,9?,12?,14?/m0/s1. The second-order valence-corrected chi connectivity index (χ2v) is 11.5. The Hall–Kier alpha value is 0.710. The van der Waals surface area contributed by atoms with Gasteiger partial charge in [-0.25, -0.2) is 0 Å². The molecule has 2 amide bonds. The summed E-state index contributed by atoms with van der Waals surface area (Å²) < 4.78 is 6.61. The summed E-state index contributed by atoms with van der Waals surface area (Å²) in [4.78, 5) is 24.5. The van der Waals surface area contributed by atoms with E-state index in [0.29, 0.717) is 0 Å². The Kier molecular flexibility index (Phi) is 7.73. The van der Waals surface area contributed by atoms with Crippen LogP contribution in [0.1, 0.15) is 41.0 Å². The molecule has 130 valence electrons. The van der Waals surface area contributed by atoms with Crippen LogP contribution in [0.5, 0.6) is 0 Å². The predicted molar refractivity (Wildman–Crippen MR) is 96.8 cm³/mol. The first-order valence-corrected chi connectivity index (χ1v) is 12.1. The summed E-state index contributed by atoms with van der Waals surface area (Å²) in [5.41, 5.74) is 0. The van der Waals surface area contributed by atoms with E-state index in [1.54, 1.807) is 6.92 Å². The second-order valence-electron chi connectivity index (χ2n) is 6.33. The van der Waals surface area contributed by atoms with Gasteiger partial charge in [-0.15, -0.1) is 0 Å². The van der Waals surface area contributed by atoms with Crippen molar-refractivity contribution in [2.24, 2.45) is 3.95 Å². The number of rotatable bonds is 7. The van der Waals surface area contributed by atoms with Gasteiger partial charge in [-0.1, -0.05) is 0 Å². The van der Waals surface area contributed by atoms with E-state index in [2.05, 4.69) is 54.0 Å². The number of thioether (sulfide) groups is 1. The van der Waals surface area contributed by atoms with Crippen molar-refractivity contribution >= 4 is 46.2 Å². The van der Waals surface area contributed by atoms with Gasteiger partial charge in [-0.2, -0.15) is 0 Å². The van der Waals surface area contributed by atoms with Crippen LogP contribution in [0, 0.1) is 0 Å². The topological polar surface area (TPSA) is 84.2 Å². The van der Waals surface area contributed by atoms with Crippen molar-refractivity contribution in [1.82, 2.24) is 10.6 Å². The number of hydrogen-bond donors (Lipinski definition) is 3. The first kappa shape index (κ1) is 20.8. The van der Waals surface area contributed by atoms with Gasteiger partial charge >= 0.3 is 163 Å². The van der Waals surface area contributed by atoms with Gasteiger partial charge in [0.25, 0.3) is 0 Å². The van der Waals surface area contributed by atoms with E-state index in [4.69, 9.17) is 3.95 Å².